The van der Waals surface area contributed by atoms with E-state index in [9.17, 15) is 9.59 Å². The smallest absolute Gasteiger partial charge is 0.390 e. The molecule has 0 atom stereocenters. The van der Waals surface area contributed by atoms with Crippen LogP contribution in [-0.2, 0) is 13.6 Å². The molecule has 23 heavy (non-hydrogen) atoms. The predicted octanol–water partition coefficient (Wildman–Crippen LogP) is 0.517. The zero-order valence-corrected chi connectivity index (χ0v) is 13.3. The maximum atomic E-state index is 12.5. The van der Waals surface area contributed by atoms with E-state index < -0.39 is 5.76 Å². The molecule has 0 aromatic carbocycles. The topological polar surface area (TPSA) is 101 Å². The first-order valence-electron chi connectivity index (χ1n) is 7.03. The minimum absolute atomic E-state index is 0.0191. The van der Waals surface area contributed by atoms with Crippen LogP contribution in [0, 0.1) is 6.92 Å². The van der Waals surface area contributed by atoms with E-state index in [1.54, 1.807) is 38.5 Å². The molecule has 0 fully saturated rings. The van der Waals surface area contributed by atoms with Gasteiger partial charge < -0.3 is 8.98 Å². The van der Waals surface area contributed by atoms with E-state index in [0.29, 0.717) is 22.7 Å². The summed E-state index contributed by atoms with van der Waals surface area (Å²) in [4.78, 5) is 32.7. The van der Waals surface area contributed by atoms with Crippen molar-refractivity contribution in [2.24, 2.45) is 7.05 Å². The van der Waals surface area contributed by atoms with Gasteiger partial charge in [-0.1, -0.05) is 6.08 Å². The quantitative estimate of drug-likeness (QED) is 0.698. The number of hydrogen-bond donors (Lipinski definition) is 0. The van der Waals surface area contributed by atoms with Crippen LogP contribution in [0.3, 0.4) is 0 Å². The molecular weight excluding hydrogens is 300 g/mol. The summed E-state index contributed by atoms with van der Waals surface area (Å²) in [5, 5.41) is 4.08. The van der Waals surface area contributed by atoms with E-state index in [0.717, 1.165) is 4.68 Å². The molecule has 0 aliphatic carbocycles. The average Bonchev–Trinajstić information content (AvgIpc) is 3.02. The van der Waals surface area contributed by atoms with Gasteiger partial charge in [0, 0.05) is 12.7 Å². The summed E-state index contributed by atoms with van der Waals surface area (Å²) in [6.45, 7) is 5.35. The number of nitrogens with zero attached hydrogens (tertiary/aromatic N) is 6. The van der Waals surface area contributed by atoms with Crippen LogP contribution in [0.1, 0.15) is 25.6 Å². The van der Waals surface area contributed by atoms with Crippen LogP contribution in [0.25, 0.3) is 16.9 Å². The first-order chi connectivity index (χ1) is 10.9. The summed E-state index contributed by atoms with van der Waals surface area (Å²) in [5.41, 5.74) is 1.17. The fourth-order valence-electron chi connectivity index (χ4n) is 2.22. The molecule has 0 amide bonds. The zero-order chi connectivity index (χ0) is 16.7. The lowest BCUT2D eigenvalue weighted by atomic mass is 10.5. The summed E-state index contributed by atoms with van der Waals surface area (Å²) in [6, 6.07) is 0. The van der Waals surface area contributed by atoms with Crippen molar-refractivity contribution in [3.63, 3.8) is 0 Å². The normalized spacial score (nSPS) is 12.3. The fraction of sp³-hybridized carbons (Fsp3) is 0.357. The molecule has 3 aromatic rings. The third-order valence-electron chi connectivity index (χ3n) is 3.73. The molecule has 9 heteroatoms. The van der Waals surface area contributed by atoms with Crippen molar-refractivity contribution in [2.45, 2.75) is 27.3 Å². The lowest BCUT2D eigenvalue weighted by Gasteiger charge is -2.02. The van der Waals surface area contributed by atoms with E-state index in [1.807, 2.05) is 0 Å². The van der Waals surface area contributed by atoms with Crippen LogP contribution >= 0.6 is 0 Å². The highest BCUT2D eigenvalue weighted by atomic mass is 16.4. The van der Waals surface area contributed by atoms with Gasteiger partial charge in [0.15, 0.2) is 11.2 Å². The van der Waals surface area contributed by atoms with Crippen LogP contribution in [0.5, 0.6) is 0 Å². The molecule has 0 unspecified atom stereocenters. The molecule has 0 spiro atoms. The van der Waals surface area contributed by atoms with Gasteiger partial charge in [-0.3, -0.25) is 9.36 Å². The number of hydrogen-bond acceptors (Lipinski definition) is 6. The van der Waals surface area contributed by atoms with E-state index in [2.05, 4.69) is 15.1 Å². The minimum Gasteiger partial charge on any atom is -0.390 e. The molecular formula is C14H16N6O3. The van der Waals surface area contributed by atoms with E-state index >= 15 is 0 Å². The Hall–Kier alpha value is -2.97. The molecule has 3 rings (SSSR count). The Kier molecular flexibility index (Phi) is 3.47. The van der Waals surface area contributed by atoms with Gasteiger partial charge in [0.1, 0.15) is 18.7 Å². The molecule has 0 bridgehead atoms. The average molecular weight is 316 g/mol. The third-order valence-corrected chi connectivity index (χ3v) is 3.73. The largest absolute Gasteiger partial charge is 0.441 e. The molecule has 120 valence electrons. The molecule has 3 aromatic heterocycles. The maximum absolute atomic E-state index is 12.5. The predicted molar refractivity (Wildman–Crippen MR) is 83.0 cm³/mol. The Morgan fingerprint density at radius 2 is 2.13 bits per heavy atom. The molecule has 9 nitrogen and oxygen atoms in total. The van der Waals surface area contributed by atoms with E-state index in [1.165, 1.54) is 10.9 Å². The van der Waals surface area contributed by atoms with Gasteiger partial charge in [-0.2, -0.15) is 4.68 Å². The first-order valence-corrected chi connectivity index (χ1v) is 7.03. The monoisotopic (exact) mass is 316 g/mol. The van der Waals surface area contributed by atoms with Gasteiger partial charge in [0.05, 0.1) is 0 Å². The molecule has 3 heterocycles. The summed E-state index contributed by atoms with van der Waals surface area (Å²) >= 11 is 0. The van der Waals surface area contributed by atoms with Crippen LogP contribution in [0.2, 0.25) is 0 Å². The Bertz CT molecular complexity index is 1030. The van der Waals surface area contributed by atoms with Crippen molar-refractivity contribution in [2.75, 3.05) is 0 Å². The SMILES string of the molecule is C/C=C(/C)n1nc(Cn2cnc3nc(C)n(C)c3c2=O)oc1=O. The summed E-state index contributed by atoms with van der Waals surface area (Å²) < 4.78 is 9.26. The molecule has 0 N–H and O–H groups in total. The highest BCUT2D eigenvalue weighted by Gasteiger charge is 2.14. The Morgan fingerprint density at radius 3 is 2.83 bits per heavy atom. The number of rotatable bonds is 3. The van der Waals surface area contributed by atoms with Gasteiger partial charge in [0.2, 0.25) is 5.89 Å². The molecule has 0 radical (unpaired) electrons. The van der Waals surface area contributed by atoms with Gasteiger partial charge in [-0.05, 0) is 20.8 Å². The van der Waals surface area contributed by atoms with Crippen molar-refractivity contribution in [3.05, 3.63) is 45.0 Å². The van der Waals surface area contributed by atoms with Crippen molar-refractivity contribution in [3.8, 4) is 0 Å². The lowest BCUT2D eigenvalue weighted by molar-refractivity contribution is 0.443. The second kappa shape index (κ2) is 5.34. The van der Waals surface area contributed by atoms with Crippen molar-refractivity contribution < 1.29 is 4.42 Å². The summed E-state index contributed by atoms with van der Waals surface area (Å²) in [5.74, 6) is 0.245. The van der Waals surface area contributed by atoms with E-state index in [4.69, 9.17) is 4.42 Å². The number of aryl methyl sites for hydroxylation is 2. The third kappa shape index (κ3) is 2.39. The maximum Gasteiger partial charge on any atom is 0.441 e. The number of fused-ring (bicyclic) bond motifs is 1. The Balaban J connectivity index is 2.06. The van der Waals surface area contributed by atoms with Crippen LogP contribution < -0.4 is 11.3 Å². The molecule has 0 aliphatic rings. The van der Waals surface area contributed by atoms with E-state index in [-0.39, 0.29) is 18.0 Å². The molecule has 0 aliphatic heterocycles. The number of allylic oxidation sites excluding steroid dienone is 2. The number of aromatic nitrogens is 6. The van der Waals surface area contributed by atoms with Crippen molar-refractivity contribution >= 4 is 16.9 Å². The van der Waals surface area contributed by atoms with Crippen LogP contribution in [-0.4, -0.2) is 28.9 Å². The zero-order valence-electron chi connectivity index (χ0n) is 13.3. The van der Waals surface area contributed by atoms with Crippen molar-refractivity contribution in [1.82, 2.24) is 28.9 Å². The molecule has 0 saturated carbocycles. The summed E-state index contributed by atoms with van der Waals surface area (Å²) in [7, 11) is 1.75. The van der Waals surface area contributed by atoms with Crippen LogP contribution in [0.4, 0.5) is 0 Å². The van der Waals surface area contributed by atoms with Gasteiger partial charge >= 0.3 is 5.76 Å². The number of imidazole rings is 1. The Morgan fingerprint density at radius 1 is 1.39 bits per heavy atom. The second-order valence-electron chi connectivity index (χ2n) is 5.17. The lowest BCUT2D eigenvalue weighted by Crippen LogP contribution is -2.23. The highest BCUT2D eigenvalue weighted by molar-refractivity contribution is 5.69. The Labute approximate surface area is 130 Å². The fourth-order valence-corrected chi connectivity index (χ4v) is 2.22. The summed E-state index contributed by atoms with van der Waals surface area (Å²) in [6.07, 6.45) is 3.12. The molecule has 0 saturated heterocycles. The highest BCUT2D eigenvalue weighted by Crippen LogP contribution is 2.07. The standard InChI is InChI=1S/C14H16N6O3/c1-5-8(2)20-14(22)23-10(17-20)6-19-7-15-12-11(13(19)21)18(4)9(3)16-12/h5,7H,6H2,1-4H3/b8-5-. The van der Waals surface area contributed by atoms with Gasteiger partial charge in [-0.15, -0.1) is 5.10 Å². The van der Waals surface area contributed by atoms with Gasteiger partial charge in [0.25, 0.3) is 5.56 Å². The minimum atomic E-state index is -0.589. The van der Waals surface area contributed by atoms with Crippen molar-refractivity contribution in [1.29, 1.82) is 0 Å². The first kappa shape index (κ1) is 14.9. The second-order valence-corrected chi connectivity index (χ2v) is 5.17. The van der Waals surface area contributed by atoms with Gasteiger partial charge in [-0.25, -0.2) is 14.8 Å². The van der Waals surface area contributed by atoms with Crippen LogP contribution in [0.15, 0.2) is 26.4 Å².